The molecule has 0 radical (unpaired) electrons. The lowest BCUT2D eigenvalue weighted by Crippen LogP contribution is -1.95. The second-order valence-electron chi connectivity index (χ2n) is 1.63. The summed E-state index contributed by atoms with van der Waals surface area (Å²) in [6, 6.07) is 9.35. The molecule has 0 atom stereocenters. The molecule has 0 aromatic heterocycles. The van der Waals surface area contributed by atoms with Crippen LogP contribution in [0.5, 0.6) is 0 Å². The van der Waals surface area contributed by atoms with Gasteiger partial charge in [-0.3, -0.25) is 0 Å². The monoisotopic (exact) mass is 219 g/mol. The molecule has 0 amide bonds. The van der Waals surface area contributed by atoms with Crippen molar-refractivity contribution in [3.63, 3.8) is 0 Å². The molecule has 1 rings (SSSR count). The van der Waals surface area contributed by atoms with E-state index >= 15 is 0 Å². The first-order valence-corrected chi connectivity index (χ1v) is 4.08. The molecule has 0 aliphatic heterocycles. The van der Waals surface area contributed by atoms with E-state index in [1.165, 1.54) is 0 Å². The summed E-state index contributed by atoms with van der Waals surface area (Å²) in [5.74, 6) is 0. The standard InChI is InChI=1S/C6H7NO2S.C2H6.2CH4/c10-9-8-7-6-4-2-1-3-5-6;1-2;;/h1-5,7,10H;1-2H3;2*1H4. The summed E-state index contributed by atoms with van der Waals surface area (Å²) in [5, 5.41) is 0. The highest BCUT2D eigenvalue weighted by atomic mass is 32.1. The molecule has 0 bridgehead atoms. The van der Waals surface area contributed by atoms with Crippen LogP contribution in [0.4, 0.5) is 5.69 Å². The van der Waals surface area contributed by atoms with Crippen LogP contribution >= 0.6 is 12.9 Å². The summed E-state index contributed by atoms with van der Waals surface area (Å²) in [5.41, 5.74) is 3.31. The van der Waals surface area contributed by atoms with Crippen LogP contribution in [0.15, 0.2) is 30.3 Å². The second-order valence-corrected chi connectivity index (χ2v) is 1.78. The van der Waals surface area contributed by atoms with Gasteiger partial charge in [-0.2, -0.15) is 0 Å². The van der Waals surface area contributed by atoms with Gasteiger partial charge in [0.25, 0.3) is 0 Å². The zero-order chi connectivity index (χ0) is 9.23. The van der Waals surface area contributed by atoms with Crippen molar-refractivity contribution in [1.82, 2.24) is 0 Å². The van der Waals surface area contributed by atoms with Gasteiger partial charge >= 0.3 is 0 Å². The van der Waals surface area contributed by atoms with Crippen LogP contribution in [-0.4, -0.2) is 0 Å². The highest BCUT2D eigenvalue weighted by molar-refractivity contribution is 7.74. The van der Waals surface area contributed by atoms with E-state index in [9.17, 15) is 0 Å². The highest BCUT2D eigenvalue weighted by Crippen LogP contribution is 2.04. The Kier molecular flexibility index (Phi) is 20.0. The number of hydrogen-bond acceptors (Lipinski definition) is 4. The fourth-order valence-corrected chi connectivity index (χ4v) is 0.610. The second kappa shape index (κ2) is 14.8. The van der Waals surface area contributed by atoms with E-state index in [0.717, 1.165) is 5.69 Å². The Morgan fingerprint density at radius 2 is 1.57 bits per heavy atom. The van der Waals surface area contributed by atoms with Crippen LogP contribution in [0.1, 0.15) is 28.7 Å². The molecule has 0 heterocycles. The highest BCUT2D eigenvalue weighted by Gasteiger charge is 1.85. The van der Waals surface area contributed by atoms with E-state index < -0.39 is 0 Å². The average Bonchev–Trinajstić information content (AvgIpc) is 2.19. The van der Waals surface area contributed by atoms with Crippen molar-refractivity contribution in [2.75, 3.05) is 5.48 Å². The first-order valence-electron chi connectivity index (χ1n) is 3.71. The molecule has 0 unspecified atom stereocenters. The van der Waals surface area contributed by atoms with Crippen LogP contribution in [0, 0.1) is 0 Å². The van der Waals surface area contributed by atoms with Gasteiger partial charge in [0.05, 0.1) is 5.69 Å². The number of hydrogen-bond donors (Lipinski definition) is 2. The van der Waals surface area contributed by atoms with E-state index in [4.69, 9.17) is 0 Å². The van der Waals surface area contributed by atoms with Crippen LogP contribution < -0.4 is 5.48 Å². The van der Waals surface area contributed by atoms with Gasteiger partial charge in [0, 0.05) is 12.9 Å². The van der Waals surface area contributed by atoms with Gasteiger partial charge in [-0.1, -0.05) is 46.9 Å². The summed E-state index contributed by atoms with van der Waals surface area (Å²) >= 11 is 3.37. The maximum Gasteiger partial charge on any atom is 0.0635 e. The molecule has 1 aromatic carbocycles. The Bertz CT molecular complexity index is 183. The van der Waals surface area contributed by atoms with Crippen molar-refractivity contribution in [3.8, 4) is 0 Å². The lowest BCUT2D eigenvalue weighted by atomic mass is 10.3. The molecule has 84 valence electrons. The van der Waals surface area contributed by atoms with Gasteiger partial charge in [0.2, 0.25) is 0 Å². The summed E-state index contributed by atoms with van der Waals surface area (Å²) in [7, 11) is 0. The van der Waals surface area contributed by atoms with Crippen molar-refractivity contribution in [2.24, 2.45) is 0 Å². The van der Waals surface area contributed by atoms with E-state index in [2.05, 4.69) is 27.7 Å². The van der Waals surface area contributed by atoms with Crippen molar-refractivity contribution < 1.29 is 9.32 Å². The van der Waals surface area contributed by atoms with Gasteiger partial charge in [-0.05, 0) is 12.1 Å². The fraction of sp³-hybridized carbons (Fsp3) is 0.400. The van der Waals surface area contributed by atoms with E-state index in [0.29, 0.717) is 0 Å². The lowest BCUT2D eigenvalue weighted by Gasteiger charge is -1.99. The van der Waals surface area contributed by atoms with E-state index in [1.54, 1.807) is 0 Å². The number of thiol groups is 1. The number of benzene rings is 1. The van der Waals surface area contributed by atoms with Gasteiger partial charge in [0.1, 0.15) is 0 Å². The van der Waals surface area contributed by atoms with Gasteiger partial charge in [-0.25, -0.2) is 5.48 Å². The third kappa shape index (κ3) is 9.38. The third-order valence-electron chi connectivity index (χ3n) is 0.971. The molecule has 0 spiro atoms. The minimum absolute atomic E-state index is 0. The Morgan fingerprint density at radius 3 is 2.00 bits per heavy atom. The van der Waals surface area contributed by atoms with Gasteiger partial charge < -0.3 is 0 Å². The molecule has 0 saturated heterocycles. The number of para-hydroxylation sites is 1. The summed E-state index contributed by atoms with van der Waals surface area (Å²) < 4.78 is 4.03. The molecule has 0 fully saturated rings. The van der Waals surface area contributed by atoms with Crippen molar-refractivity contribution >= 4 is 18.6 Å². The maximum absolute atomic E-state index is 4.33. The molecular formula is C10H21NO2S. The van der Waals surface area contributed by atoms with Crippen molar-refractivity contribution in [1.29, 1.82) is 0 Å². The van der Waals surface area contributed by atoms with Gasteiger partial charge in [-0.15, -0.1) is 9.32 Å². The zero-order valence-corrected chi connectivity index (χ0v) is 8.04. The Labute approximate surface area is 92.9 Å². The third-order valence-corrected chi connectivity index (χ3v) is 1.05. The number of rotatable bonds is 3. The molecule has 14 heavy (non-hydrogen) atoms. The molecule has 0 saturated carbocycles. The summed E-state index contributed by atoms with van der Waals surface area (Å²) in [6.07, 6.45) is 0. The van der Waals surface area contributed by atoms with E-state index in [-0.39, 0.29) is 14.9 Å². The maximum atomic E-state index is 4.33. The number of nitrogens with one attached hydrogen (secondary N) is 1. The molecule has 0 aliphatic carbocycles. The summed E-state index contributed by atoms with van der Waals surface area (Å²) in [6.45, 7) is 4.00. The Balaban J connectivity index is -0.000000284. The molecule has 3 nitrogen and oxygen atoms in total. The topological polar surface area (TPSA) is 30.5 Å². The molecule has 1 N–H and O–H groups in total. The fourth-order valence-electron chi connectivity index (χ4n) is 0.573. The quantitative estimate of drug-likeness (QED) is 0.347. The average molecular weight is 219 g/mol. The lowest BCUT2D eigenvalue weighted by molar-refractivity contribution is -0.158. The van der Waals surface area contributed by atoms with Crippen LogP contribution in [-0.2, 0) is 9.32 Å². The smallest absolute Gasteiger partial charge is 0.0635 e. The Morgan fingerprint density at radius 1 is 1.07 bits per heavy atom. The van der Waals surface area contributed by atoms with Crippen molar-refractivity contribution in [3.05, 3.63) is 30.3 Å². The zero-order valence-electron chi connectivity index (χ0n) is 7.15. The predicted molar refractivity (Wildman–Crippen MR) is 66.0 cm³/mol. The Hall–Kier alpha value is -0.710. The largest absolute Gasteiger partial charge is 0.234 e. The SMILES string of the molecule is C.C.CC.SOONc1ccccc1. The van der Waals surface area contributed by atoms with Crippen LogP contribution in [0.2, 0.25) is 0 Å². The van der Waals surface area contributed by atoms with E-state index in [1.807, 2.05) is 44.2 Å². The first-order chi connectivity index (χ1) is 5.93. The minimum Gasteiger partial charge on any atom is -0.234 e. The molecule has 4 heteroatoms. The van der Waals surface area contributed by atoms with Crippen molar-refractivity contribution in [2.45, 2.75) is 28.7 Å². The normalized spacial score (nSPS) is 7.07. The first kappa shape index (κ1) is 19.0. The van der Waals surface area contributed by atoms with Crippen LogP contribution in [0.3, 0.4) is 0 Å². The minimum atomic E-state index is 0. The molecule has 0 aliphatic rings. The summed E-state index contributed by atoms with van der Waals surface area (Å²) in [4.78, 5) is 4.33. The predicted octanol–water partition coefficient (Wildman–Crippen LogP) is 4.10. The molecular weight excluding hydrogens is 198 g/mol. The number of anilines is 1. The molecule has 1 aromatic rings. The van der Waals surface area contributed by atoms with Crippen LogP contribution in [0.25, 0.3) is 0 Å². The van der Waals surface area contributed by atoms with Gasteiger partial charge in [0.15, 0.2) is 0 Å².